The maximum absolute atomic E-state index is 12.2. The summed E-state index contributed by atoms with van der Waals surface area (Å²) in [4.78, 5) is 23.8. The molecule has 0 aliphatic carbocycles. The van der Waals surface area contributed by atoms with Crippen molar-refractivity contribution < 1.29 is 26.4 Å². The van der Waals surface area contributed by atoms with Crippen LogP contribution in [0.3, 0.4) is 0 Å². The highest BCUT2D eigenvalue weighted by Crippen LogP contribution is 2.23. The first-order valence-electron chi connectivity index (χ1n) is 6.33. The van der Waals surface area contributed by atoms with E-state index >= 15 is 0 Å². The lowest BCUT2D eigenvalue weighted by Gasteiger charge is -2.13. The van der Waals surface area contributed by atoms with E-state index in [0.717, 1.165) is 21.9 Å². The van der Waals surface area contributed by atoms with Crippen molar-refractivity contribution in [1.29, 1.82) is 5.26 Å². The average molecular weight is 373 g/mol. The van der Waals surface area contributed by atoms with Crippen LogP contribution in [0, 0.1) is 11.3 Å². The molecular weight excluding hydrogens is 358 g/mol. The van der Waals surface area contributed by atoms with Gasteiger partial charge in [0, 0.05) is 28.2 Å². The Bertz CT molecular complexity index is 872. The Kier molecular flexibility index (Phi) is 5.37. The third-order valence-electron chi connectivity index (χ3n) is 2.82. The Morgan fingerprint density at radius 3 is 1.42 bits per heavy atom. The molecule has 0 heterocycles. The molecule has 0 aromatic heterocycles. The molecule has 0 radical (unpaired) electrons. The lowest BCUT2D eigenvalue weighted by Crippen LogP contribution is -2.30. The van der Waals surface area contributed by atoms with E-state index in [9.17, 15) is 26.4 Å². The molecule has 0 aliphatic heterocycles. The van der Waals surface area contributed by atoms with E-state index < -0.39 is 39.9 Å². The van der Waals surface area contributed by atoms with Crippen LogP contribution in [-0.4, -0.2) is 65.3 Å². The molecular formula is C13H15N3O6S2. The molecule has 0 unspecified atom stereocenters. The first-order chi connectivity index (χ1) is 10.9. The van der Waals surface area contributed by atoms with Crippen molar-refractivity contribution in [2.75, 3.05) is 28.2 Å². The molecule has 1 rings (SSSR count). The summed E-state index contributed by atoms with van der Waals surface area (Å²) < 4.78 is 48.9. The number of benzene rings is 1. The molecule has 0 N–H and O–H groups in total. The molecule has 24 heavy (non-hydrogen) atoms. The van der Waals surface area contributed by atoms with Crippen molar-refractivity contribution in [3.05, 3.63) is 23.8 Å². The molecule has 0 saturated heterocycles. The van der Waals surface area contributed by atoms with Crippen molar-refractivity contribution in [1.82, 2.24) is 9.80 Å². The zero-order chi connectivity index (χ0) is 18.9. The Balaban J connectivity index is 3.70. The zero-order valence-corrected chi connectivity index (χ0v) is 15.0. The number of nitriles is 1. The van der Waals surface area contributed by atoms with Gasteiger partial charge >= 0.3 is 10.5 Å². The molecule has 1 aromatic rings. The monoisotopic (exact) mass is 373 g/mol. The van der Waals surface area contributed by atoms with Crippen molar-refractivity contribution in [3.63, 3.8) is 0 Å². The minimum absolute atomic E-state index is 0.312. The minimum Gasteiger partial charge on any atom is -0.335 e. The number of carbonyl (C=O) groups excluding carboxylic acids is 2. The molecule has 9 nitrogen and oxygen atoms in total. The van der Waals surface area contributed by atoms with Gasteiger partial charge in [-0.1, -0.05) is 0 Å². The van der Waals surface area contributed by atoms with Crippen molar-refractivity contribution >= 4 is 30.2 Å². The van der Waals surface area contributed by atoms with E-state index in [1.54, 1.807) is 6.07 Å². The molecule has 0 atom stereocenters. The van der Waals surface area contributed by atoms with Crippen LogP contribution in [0.1, 0.15) is 5.56 Å². The fraction of sp³-hybridized carbons (Fsp3) is 0.308. The van der Waals surface area contributed by atoms with Crippen LogP contribution in [0.2, 0.25) is 0 Å². The summed E-state index contributed by atoms with van der Waals surface area (Å²) in [6, 6.07) is 4.04. The van der Waals surface area contributed by atoms with Gasteiger partial charge in [-0.2, -0.15) is 5.26 Å². The molecule has 0 aliphatic rings. The lowest BCUT2D eigenvalue weighted by atomic mass is 10.2. The standard InChI is InChI=1S/C13H15N3O6S2/c1-15(2)12(17)23(19,20)10-5-9(8-14)6-11(7-10)24(21,22)13(18)16(3)4/h5-7H,1-4H3. The highest BCUT2D eigenvalue weighted by molar-refractivity contribution is 8.06. The quantitative estimate of drug-likeness (QED) is 0.735. The van der Waals surface area contributed by atoms with E-state index in [4.69, 9.17) is 5.26 Å². The van der Waals surface area contributed by atoms with Crippen molar-refractivity contribution in [2.45, 2.75) is 9.79 Å². The third-order valence-corrected chi connectivity index (χ3v) is 6.18. The Morgan fingerprint density at radius 1 is 0.833 bits per heavy atom. The van der Waals surface area contributed by atoms with Gasteiger partial charge in [0.1, 0.15) is 0 Å². The predicted molar refractivity (Wildman–Crippen MR) is 83.7 cm³/mol. The fourth-order valence-corrected chi connectivity index (χ4v) is 4.20. The second kappa shape index (κ2) is 6.58. The largest absolute Gasteiger partial charge is 0.343 e. The molecule has 0 saturated carbocycles. The van der Waals surface area contributed by atoms with Gasteiger partial charge < -0.3 is 9.80 Å². The summed E-state index contributed by atoms with van der Waals surface area (Å²) in [5.74, 6) is 0. The third kappa shape index (κ3) is 3.55. The molecule has 0 spiro atoms. The topological polar surface area (TPSA) is 133 Å². The number of sulfone groups is 2. The van der Waals surface area contributed by atoms with Gasteiger partial charge in [-0.15, -0.1) is 0 Å². The van der Waals surface area contributed by atoms with Crippen LogP contribution in [-0.2, 0) is 19.7 Å². The maximum Gasteiger partial charge on any atom is 0.343 e. The van der Waals surface area contributed by atoms with Gasteiger partial charge in [0.25, 0.3) is 19.7 Å². The molecule has 11 heteroatoms. The van der Waals surface area contributed by atoms with E-state index in [0.29, 0.717) is 6.07 Å². The van der Waals surface area contributed by atoms with Gasteiger partial charge in [-0.3, -0.25) is 9.59 Å². The predicted octanol–water partition coefficient (Wildman–Crippen LogP) is 0.469. The molecule has 1 aromatic carbocycles. The van der Waals surface area contributed by atoms with Gasteiger partial charge in [0.2, 0.25) is 0 Å². The summed E-state index contributed by atoms with van der Waals surface area (Å²) in [7, 11) is -4.27. The second-order valence-corrected chi connectivity index (χ2v) is 8.79. The maximum atomic E-state index is 12.2. The number of amides is 2. The molecule has 130 valence electrons. The lowest BCUT2D eigenvalue weighted by molar-refractivity contribution is 0.238. The molecule has 2 amide bonds. The van der Waals surface area contributed by atoms with Crippen molar-refractivity contribution in [2.24, 2.45) is 0 Å². The normalized spacial score (nSPS) is 11.5. The van der Waals surface area contributed by atoms with E-state index in [-0.39, 0.29) is 5.56 Å². The van der Waals surface area contributed by atoms with Crippen LogP contribution >= 0.6 is 0 Å². The van der Waals surface area contributed by atoms with E-state index in [1.807, 2.05) is 0 Å². The highest BCUT2D eigenvalue weighted by Gasteiger charge is 2.32. The Labute approximate surface area is 139 Å². The Hall–Kier alpha value is -2.45. The number of nitrogens with zero attached hydrogens (tertiary/aromatic N) is 3. The van der Waals surface area contributed by atoms with Crippen LogP contribution in [0.25, 0.3) is 0 Å². The smallest absolute Gasteiger partial charge is 0.335 e. The van der Waals surface area contributed by atoms with Gasteiger partial charge in [0.15, 0.2) is 0 Å². The highest BCUT2D eigenvalue weighted by atomic mass is 32.2. The zero-order valence-electron chi connectivity index (χ0n) is 13.3. The van der Waals surface area contributed by atoms with Gasteiger partial charge in [-0.25, -0.2) is 16.8 Å². The van der Waals surface area contributed by atoms with Crippen LogP contribution in [0.5, 0.6) is 0 Å². The fourth-order valence-electron chi connectivity index (χ4n) is 1.63. The number of carbonyl (C=O) groups is 2. The SMILES string of the molecule is CN(C)C(=O)S(=O)(=O)c1cc(C#N)cc(S(=O)(=O)C(=O)N(C)C)c1. The molecule has 0 fully saturated rings. The number of rotatable bonds is 2. The first kappa shape index (κ1) is 19.6. The molecule has 0 bridgehead atoms. The van der Waals surface area contributed by atoms with Gasteiger partial charge in [0.05, 0.1) is 21.4 Å². The van der Waals surface area contributed by atoms with Gasteiger partial charge in [-0.05, 0) is 18.2 Å². The van der Waals surface area contributed by atoms with Crippen molar-refractivity contribution in [3.8, 4) is 6.07 Å². The summed E-state index contributed by atoms with van der Waals surface area (Å²) >= 11 is 0. The van der Waals surface area contributed by atoms with Crippen LogP contribution in [0.4, 0.5) is 9.59 Å². The summed E-state index contributed by atoms with van der Waals surface area (Å²) in [5.41, 5.74) is -0.312. The van der Waals surface area contributed by atoms with Crippen LogP contribution in [0.15, 0.2) is 28.0 Å². The number of hydrogen-bond donors (Lipinski definition) is 0. The van der Waals surface area contributed by atoms with E-state index in [2.05, 4.69) is 0 Å². The second-order valence-electron chi connectivity index (χ2n) is 5.13. The summed E-state index contributed by atoms with van der Waals surface area (Å²) in [6.45, 7) is 0. The number of hydrogen-bond acceptors (Lipinski definition) is 7. The summed E-state index contributed by atoms with van der Waals surface area (Å²) in [5, 5.41) is 6.43. The minimum atomic E-state index is -4.55. The van der Waals surface area contributed by atoms with E-state index in [1.165, 1.54) is 28.2 Å². The van der Waals surface area contributed by atoms with Crippen LogP contribution < -0.4 is 0 Å². The first-order valence-corrected chi connectivity index (χ1v) is 9.30. The average Bonchev–Trinajstić information content (AvgIpc) is 2.52. The summed E-state index contributed by atoms with van der Waals surface area (Å²) in [6.07, 6.45) is 0. The Morgan fingerprint density at radius 2 is 1.17 bits per heavy atom.